The van der Waals surface area contributed by atoms with Crippen LogP contribution in [0.25, 0.3) is 11.0 Å². The molecule has 0 saturated carbocycles. The molecule has 2 unspecified atom stereocenters. The molecule has 0 aliphatic carbocycles. The first kappa shape index (κ1) is 26.0. The van der Waals surface area contributed by atoms with Gasteiger partial charge in [-0.25, -0.2) is 4.79 Å². The zero-order valence-corrected chi connectivity index (χ0v) is 20.7. The number of benzene rings is 2. The van der Waals surface area contributed by atoms with Gasteiger partial charge in [-0.3, -0.25) is 4.90 Å². The average Bonchev–Trinajstić information content (AvgIpc) is 3.25. The predicted octanol–water partition coefficient (Wildman–Crippen LogP) is 4.14. The van der Waals surface area contributed by atoms with Crippen LogP contribution in [0.15, 0.2) is 58.0 Å². The van der Waals surface area contributed by atoms with Crippen molar-refractivity contribution in [3.8, 4) is 0 Å². The van der Waals surface area contributed by atoms with E-state index in [1.807, 2.05) is 13.8 Å². The van der Waals surface area contributed by atoms with Crippen molar-refractivity contribution in [3.05, 3.63) is 59.9 Å². The van der Waals surface area contributed by atoms with Gasteiger partial charge in [-0.1, -0.05) is 22.7 Å². The molecule has 0 amide bonds. The minimum Gasteiger partial charge on any atom is -0.464 e. The Kier molecular flexibility index (Phi) is 7.04. The van der Waals surface area contributed by atoms with Crippen LogP contribution < -0.4 is 9.79 Å². The minimum atomic E-state index is -5.40. The first-order valence-corrected chi connectivity index (χ1v) is 12.7. The predicted molar refractivity (Wildman–Crippen MR) is 127 cm³/mol. The number of alkyl halides is 3. The highest BCUT2D eigenvalue weighted by Crippen LogP contribution is 2.33. The van der Waals surface area contributed by atoms with Crippen molar-refractivity contribution in [3.63, 3.8) is 0 Å². The van der Waals surface area contributed by atoms with Gasteiger partial charge >= 0.3 is 12.1 Å². The van der Waals surface area contributed by atoms with E-state index in [1.165, 1.54) is 43.5 Å². The molecule has 1 aliphatic rings. The number of rotatable bonds is 6. The third-order valence-corrected chi connectivity index (χ3v) is 7.39. The number of halogens is 3. The van der Waals surface area contributed by atoms with Gasteiger partial charge in [-0.15, -0.1) is 0 Å². The van der Waals surface area contributed by atoms with Crippen molar-refractivity contribution in [1.82, 2.24) is 10.2 Å². The smallest absolute Gasteiger partial charge is 0.464 e. The fourth-order valence-electron chi connectivity index (χ4n) is 4.42. The molecule has 4 rings (SSSR count). The number of piperazine rings is 1. The van der Waals surface area contributed by atoms with E-state index >= 15 is 0 Å². The quantitative estimate of drug-likeness (QED) is 0.484. The maximum Gasteiger partial charge on any atom is 0.493 e. The van der Waals surface area contributed by atoms with Gasteiger partial charge in [0.1, 0.15) is 5.58 Å². The third-order valence-electron chi connectivity index (χ3n) is 5.85. The molecule has 0 spiro atoms. The van der Waals surface area contributed by atoms with E-state index in [-0.39, 0.29) is 27.1 Å². The Morgan fingerprint density at radius 2 is 1.83 bits per heavy atom. The standard InChI is InChI=1S/C24H26F3N3O5S/c1-15-6-4-5-7-21(15)30(35-23(31)24(25,26)27)36(32,33)20-10-18-8-9-34-22(18)19(11-20)14-29-12-16(2)28-17(3)13-29/h4-11,16-17,28H,12-14H2,1-3H3. The van der Waals surface area contributed by atoms with Crippen LogP contribution in [0.4, 0.5) is 18.9 Å². The number of carbonyl (C=O) groups is 1. The second-order valence-electron chi connectivity index (χ2n) is 8.98. The summed E-state index contributed by atoms with van der Waals surface area (Å²) >= 11 is 0. The zero-order valence-electron chi connectivity index (χ0n) is 19.9. The van der Waals surface area contributed by atoms with Gasteiger partial charge in [0.25, 0.3) is 10.0 Å². The van der Waals surface area contributed by atoms with Crippen molar-refractivity contribution < 1.29 is 35.6 Å². The molecule has 12 heteroatoms. The fraction of sp³-hybridized carbons (Fsp3) is 0.375. The Hall–Kier alpha value is -3.09. The molecule has 36 heavy (non-hydrogen) atoms. The minimum absolute atomic E-state index is 0.0398. The highest BCUT2D eigenvalue weighted by molar-refractivity contribution is 7.92. The molecule has 1 aromatic heterocycles. The number of aryl methyl sites for hydroxylation is 1. The molecule has 1 aliphatic heterocycles. The number of hydrogen-bond acceptors (Lipinski definition) is 7. The number of furan rings is 1. The topological polar surface area (TPSA) is 92.1 Å². The Morgan fingerprint density at radius 3 is 2.47 bits per heavy atom. The second-order valence-corrected chi connectivity index (χ2v) is 10.7. The lowest BCUT2D eigenvalue weighted by molar-refractivity contribution is -0.199. The van der Waals surface area contributed by atoms with Crippen LogP contribution in [0.3, 0.4) is 0 Å². The van der Waals surface area contributed by atoms with Crippen LogP contribution in [0.1, 0.15) is 25.0 Å². The molecule has 2 heterocycles. The molecule has 8 nitrogen and oxygen atoms in total. The number of nitrogens with zero attached hydrogens (tertiary/aromatic N) is 2. The Balaban J connectivity index is 1.79. The van der Waals surface area contributed by atoms with Gasteiger partial charge in [-0.05, 0) is 50.6 Å². The molecule has 1 fully saturated rings. The lowest BCUT2D eigenvalue weighted by atomic mass is 10.1. The number of anilines is 1. The lowest BCUT2D eigenvalue weighted by Gasteiger charge is -2.36. The summed E-state index contributed by atoms with van der Waals surface area (Å²) in [6.07, 6.45) is -3.98. The van der Waals surface area contributed by atoms with Gasteiger partial charge in [0.15, 0.2) is 0 Å². The Labute approximate surface area is 206 Å². The molecular formula is C24H26F3N3O5S. The molecular weight excluding hydrogens is 499 g/mol. The van der Waals surface area contributed by atoms with E-state index in [0.29, 0.717) is 41.7 Å². The van der Waals surface area contributed by atoms with Gasteiger partial charge in [0, 0.05) is 42.7 Å². The summed E-state index contributed by atoms with van der Waals surface area (Å²) < 4.78 is 72.2. The fourth-order valence-corrected chi connectivity index (χ4v) is 5.81. The number of fused-ring (bicyclic) bond motifs is 1. The summed E-state index contributed by atoms with van der Waals surface area (Å²) in [4.78, 5) is 18.0. The first-order chi connectivity index (χ1) is 16.9. The van der Waals surface area contributed by atoms with E-state index < -0.39 is 22.2 Å². The molecule has 1 saturated heterocycles. The van der Waals surface area contributed by atoms with E-state index in [0.717, 1.165) is 0 Å². The summed E-state index contributed by atoms with van der Waals surface area (Å²) in [5.74, 6) is -2.65. The monoisotopic (exact) mass is 525 g/mol. The zero-order chi connectivity index (χ0) is 26.3. The molecule has 194 valence electrons. The van der Waals surface area contributed by atoms with Crippen molar-refractivity contribution in [2.45, 2.75) is 50.5 Å². The molecule has 2 aromatic carbocycles. The maximum atomic E-state index is 13.7. The van der Waals surface area contributed by atoms with Gasteiger partial charge < -0.3 is 14.6 Å². The number of para-hydroxylation sites is 1. The Morgan fingerprint density at radius 1 is 1.17 bits per heavy atom. The first-order valence-electron chi connectivity index (χ1n) is 11.2. The highest BCUT2D eigenvalue weighted by atomic mass is 32.2. The number of sulfonamides is 1. The van der Waals surface area contributed by atoms with E-state index in [4.69, 9.17) is 4.42 Å². The lowest BCUT2D eigenvalue weighted by Crippen LogP contribution is -2.53. The summed E-state index contributed by atoms with van der Waals surface area (Å²) in [6, 6.07) is 10.4. The molecule has 0 radical (unpaired) electrons. The van der Waals surface area contributed by atoms with Crippen molar-refractivity contribution >= 4 is 32.6 Å². The van der Waals surface area contributed by atoms with Gasteiger partial charge in [-0.2, -0.15) is 21.6 Å². The molecule has 1 N–H and O–H groups in total. The summed E-state index contributed by atoms with van der Waals surface area (Å²) in [6.45, 7) is 7.36. The maximum absolute atomic E-state index is 13.7. The van der Waals surface area contributed by atoms with Crippen LogP contribution in [0.2, 0.25) is 0 Å². The molecule has 0 bridgehead atoms. The van der Waals surface area contributed by atoms with Crippen LogP contribution in [0.5, 0.6) is 0 Å². The summed E-state index contributed by atoms with van der Waals surface area (Å²) in [7, 11) is -4.77. The highest BCUT2D eigenvalue weighted by Gasteiger charge is 2.45. The normalized spacial score (nSPS) is 19.4. The van der Waals surface area contributed by atoms with Crippen LogP contribution >= 0.6 is 0 Å². The number of hydrogen-bond donors (Lipinski definition) is 1. The number of nitrogens with one attached hydrogen (secondary N) is 1. The summed E-state index contributed by atoms with van der Waals surface area (Å²) in [5.41, 5.74) is 1.10. The second kappa shape index (κ2) is 9.75. The van der Waals surface area contributed by atoms with Gasteiger partial charge in [0.05, 0.1) is 16.8 Å². The van der Waals surface area contributed by atoms with Crippen LogP contribution in [-0.4, -0.2) is 50.6 Å². The Bertz CT molecular complexity index is 1360. The SMILES string of the molecule is Cc1ccccc1N(OC(=O)C(F)(F)F)S(=O)(=O)c1cc(CN2CC(C)NC(C)C2)c2occc2c1. The average molecular weight is 526 g/mol. The van der Waals surface area contributed by atoms with Gasteiger partial charge in [0.2, 0.25) is 0 Å². The third kappa shape index (κ3) is 5.35. The van der Waals surface area contributed by atoms with E-state index in [2.05, 4.69) is 15.1 Å². The molecule has 3 aromatic rings. The van der Waals surface area contributed by atoms with Crippen molar-refractivity contribution in [2.75, 3.05) is 17.6 Å². The number of carbonyl (C=O) groups excluding carboxylic acids is 1. The van der Waals surface area contributed by atoms with Crippen molar-refractivity contribution in [2.24, 2.45) is 0 Å². The summed E-state index contributed by atoms with van der Waals surface area (Å²) in [5, 5.41) is 3.88. The van der Waals surface area contributed by atoms with Crippen LogP contribution in [-0.2, 0) is 26.2 Å². The molecule has 2 atom stereocenters. The van der Waals surface area contributed by atoms with Crippen LogP contribution in [0, 0.1) is 6.92 Å². The van der Waals surface area contributed by atoms with Crippen molar-refractivity contribution in [1.29, 1.82) is 0 Å². The van der Waals surface area contributed by atoms with E-state index in [1.54, 1.807) is 12.1 Å². The largest absolute Gasteiger partial charge is 0.493 e. The van der Waals surface area contributed by atoms with E-state index in [9.17, 15) is 26.4 Å².